The Morgan fingerprint density at radius 3 is 2.41 bits per heavy atom. The molecule has 2 N–H and O–H groups in total. The van der Waals surface area contributed by atoms with Crippen LogP contribution in [0.25, 0.3) is 0 Å². The summed E-state index contributed by atoms with van der Waals surface area (Å²) in [5, 5.41) is 0. The first-order chi connectivity index (χ1) is 8.06. The maximum absolute atomic E-state index is 12.0. The zero-order chi connectivity index (χ0) is 13.3. The summed E-state index contributed by atoms with van der Waals surface area (Å²) < 4.78 is 4.56. The highest BCUT2D eigenvalue weighted by atomic mass is 16.5. The molecule has 0 aliphatic carbocycles. The van der Waals surface area contributed by atoms with E-state index < -0.39 is 12.0 Å². The van der Waals surface area contributed by atoms with Crippen molar-refractivity contribution in [2.45, 2.75) is 45.6 Å². The Kier molecular flexibility index (Phi) is 8.40. The van der Waals surface area contributed by atoms with Crippen molar-refractivity contribution < 1.29 is 14.3 Å². The third-order valence-corrected chi connectivity index (χ3v) is 2.54. The standard InChI is InChI=1S/C12H24N2O3/c1-4-6-7-10(13)12(16)14(8-5-2)9-11(15)17-3/h10H,4-9,13H2,1-3H3. The lowest BCUT2D eigenvalue weighted by Crippen LogP contribution is -2.46. The van der Waals surface area contributed by atoms with Gasteiger partial charge in [-0.05, 0) is 12.8 Å². The number of carbonyl (C=O) groups excluding carboxylic acids is 2. The van der Waals surface area contributed by atoms with Gasteiger partial charge >= 0.3 is 5.97 Å². The number of nitrogens with zero attached hydrogens (tertiary/aromatic N) is 1. The summed E-state index contributed by atoms with van der Waals surface area (Å²) in [5.74, 6) is -0.569. The van der Waals surface area contributed by atoms with E-state index in [1.54, 1.807) is 0 Å². The van der Waals surface area contributed by atoms with Gasteiger partial charge in [0.2, 0.25) is 5.91 Å². The van der Waals surface area contributed by atoms with Crippen LogP contribution in [0.1, 0.15) is 39.5 Å². The molecular weight excluding hydrogens is 220 g/mol. The summed E-state index contributed by atoms with van der Waals surface area (Å²) in [6.45, 7) is 4.53. The van der Waals surface area contributed by atoms with Gasteiger partial charge in [-0.15, -0.1) is 0 Å². The second-order valence-corrected chi connectivity index (χ2v) is 4.08. The van der Waals surface area contributed by atoms with E-state index in [-0.39, 0.29) is 12.5 Å². The van der Waals surface area contributed by atoms with Crippen LogP contribution in [0.3, 0.4) is 0 Å². The van der Waals surface area contributed by atoms with Crippen molar-refractivity contribution in [1.82, 2.24) is 4.90 Å². The van der Waals surface area contributed by atoms with E-state index in [0.717, 1.165) is 19.3 Å². The molecule has 0 rings (SSSR count). The van der Waals surface area contributed by atoms with Crippen LogP contribution in [0.5, 0.6) is 0 Å². The van der Waals surface area contributed by atoms with Crippen LogP contribution in [0.15, 0.2) is 0 Å². The van der Waals surface area contributed by atoms with E-state index in [1.807, 2.05) is 6.92 Å². The van der Waals surface area contributed by atoms with E-state index in [2.05, 4.69) is 11.7 Å². The molecule has 0 aromatic carbocycles. The molecule has 1 unspecified atom stereocenters. The number of nitrogens with two attached hydrogens (primary N) is 1. The van der Waals surface area contributed by atoms with Crippen molar-refractivity contribution in [2.24, 2.45) is 5.73 Å². The maximum atomic E-state index is 12.0. The SMILES string of the molecule is CCCCC(N)C(=O)N(CCC)CC(=O)OC. The smallest absolute Gasteiger partial charge is 0.325 e. The molecule has 0 bridgehead atoms. The number of esters is 1. The van der Waals surface area contributed by atoms with Crippen molar-refractivity contribution in [3.05, 3.63) is 0 Å². The van der Waals surface area contributed by atoms with Gasteiger partial charge in [-0.3, -0.25) is 9.59 Å². The third kappa shape index (κ3) is 6.26. The first kappa shape index (κ1) is 15.9. The molecule has 0 aliphatic heterocycles. The number of unbranched alkanes of at least 4 members (excludes halogenated alkanes) is 1. The van der Waals surface area contributed by atoms with E-state index in [4.69, 9.17) is 5.73 Å². The Morgan fingerprint density at radius 2 is 1.94 bits per heavy atom. The summed E-state index contributed by atoms with van der Waals surface area (Å²) in [4.78, 5) is 24.6. The van der Waals surface area contributed by atoms with Crippen molar-refractivity contribution in [2.75, 3.05) is 20.2 Å². The minimum Gasteiger partial charge on any atom is -0.468 e. The molecule has 0 aromatic rings. The van der Waals surface area contributed by atoms with Crippen LogP contribution in [0.4, 0.5) is 0 Å². The predicted octanol–water partition coefficient (Wildman–Crippen LogP) is 0.915. The molecule has 0 saturated carbocycles. The monoisotopic (exact) mass is 244 g/mol. The molecule has 17 heavy (non-hydrogen) atoms. The summed E-state index contributed by atoms with van der Waals surface area (Å²) in [7, 11) is 1.31. The Labute approximate surface area is 103 Å². The number of ether oxygens (including phenoxy) is 1. The maximum Gasteiger partial charge on any atom is 0.325 e. The van der Waals surface area contributed by atoms with Crippen LogP contribution < -0.4 is 5.73 Å². The Morgan fingerprint density at radius 1 is 1.29 bits per heavy atom. The Balaban J connectivity index is 4.36. The summed E-state index contributed by atoms with van der Waals surface area (Å²) in [5.41, 5.74) is 5.81. The number of hydrogen-bond acceptors (Lipinski definition) is 4. The van der Waals surface area contributed by atoms with E-state index in [1.165, 1.54) is 12.0 Å². The number of methoxy groups -OCH3 is 1. The topological polar surface area (TPSA) is 72.6 Å². The minimum absolute atomic E-state index is 0.0109. The highest BCUT2D eigenvalue weighted by molar-refractivity contribution is 5.85. The van der Waals surface area contributed by atoms with Crippen molar-refractivity contribution >= 4 is 11.9 Å². The van der Waals surface area contributed by atoms with Crippen molar-refractivity contribution in [3.8, 4) is 0 Å². The van der Waals surface area contributed by atoms with Crippen molar-refractivity contribution in [3.63, 3.8) is 0 Å². The number of rotatable bonds is 8. The highest BCUT2D eigenvalue weighted by Gasteiger charge is 2.22. The fourth-order valence-electron chi connectivity index (χ4n) is 1.54. The number of hydrogen-bond donors (Lipinski definition) is 1. The van der Waals surface area contributed by atoms with Gasteiger partial charge in [-0.1, -0.05) is 26.7 Å². The average molecular weight is 244 g/mol. The van der Waals surface area contributed by atoms with Crippen LogP contribution in [0.2, 0.25) is 0 Å². The van der Waals surface area contributed by atoms with Crippen LogP contribution >= 0.6 is 0 Å². The molecule has 5 nitrogen and oxygen atoms in total. The molecule has 0 radical (unpaired) electrons. The molecule has 0 fully saturated rings. The lowest BCUT2D eigenvalue weighted by atomic mass is 10.1. The summed E-state index contributed by atoms with van der Waals surface area (Å²) in [6, 6.07) is -0.508. The van der Waals surface area contributed by atoms with Crippen molar-refractivity contribution in [1.29, 1.82) is 0 Å². The van der Waals surface area contributed by atoms with E-state index >= 15 is 0 Å². The quantitative estimate of drug-likeness (QED) is 0.644. The molecule has 1 atom stereocenters. The van der Waals surface area contributed by atoms with Gasteiger partial charge in [0, 0.05) is 6.54 Å². The minimum atomic E-state index is -0.508. The molecule has 1 amide bonds. The fourth-order valence-corrected chi connectivity index (χ4v) is 1.54. The summed E-state index contributed by atoms with van der Waals surface area (Å²) in [6.07, 6.45) is 3.39. The van der Waals surface area contributed by atoms with Crippen LogP contribution in [0, 0.1) is 0 Å². The van der Waals surface area contributed by atoms with Crippen LogP contribution in [-0.4, -0.2) is 43.0 Å². The second-order valence-electron chi connectivity index (χ2n) is 4.08. The molecule has 100 valence electrons. The molecule has 0 aliphatic rings. The van der Waals surface area contributed by atoms with E-state index in [9.17, 15) is 9.59 Å². The number of carbonyl (C=O) groups is 2. The predicted molar refractivity (Wildman–Crippen MR) is 66.4 cm³/mol. The first-order valence-electron chi connectivity index (χ1n) is 6.17. The Hall–Kier alpha value is -1.10. The first-order valence-corrected chi connectivity index (χ1v) is 6.17. The zero-order valence-corrected chi connectivity index (χ0v) is 11.1. The second kappa shape index (κ2) is 8.98. The summed E-state index contributed by atoms with van der Waals surface area (Å²) >= 11 is 0. The molecule has 0 spiro atoms. The van der Waals surface area contributed by atoms with Gasteiger partial charge in [0.05, 0.1) is 13.2 Å². The van der Waals surface area contributed by atoms with E-state index in [0.29, 0.717) is 13.0 Å². The Bertz CT molecular complexity index is 244. The largest absolute Gasteiger partial charge is 0.468 e. The van der Waals surface area contributed by atoms with Gasteiger partial charge in [0.15, 0.2) is 0 Å². The van der Waals surface area contributed by atoms with Gasteiger partial charge in [-0.2, -0.15) is 0 Å². The highest BCUT2D eigenvalue weighted by Crippen LogP contribution is 2.04. The lowest BCUT2D eigenvalue weighted by Gasteiger charge is -2.24. The third-order valence-electron chi connectivity index (χ3n) is 2.54. The van der Waals surface area contributed by atoms with Gasteiger partial charge in [-0.25, -0.2) is 0 Å². The fraction of sp³-hybridized carbons (Fsp3) is 0.833. The number of amides is 1. The van der Waals surface area contributed by atoms with Gasteiger partial charge in [0.25, 0.3) is 0 Å². The molecule has 0 aromatic heterocycles. The molecule has 0 heterocycles. The molecule has 0 saturated heterocycles. The average Bonchev–Trinajstić information content (AvgIpc) is 2.34. The molecular formula is C12H24N2O3. The zero-order valence-electron chi connectivity index (χ0n) is 11.1. The van der Waals surface area contributed by atoms with Gasteiger partial charge < -0.3 is 15.4 Å². The lowest BCUT2D eigenvalue weighted by molar-refractivity contribution is -0.147. The van der Waals surface area contributed by atoms with Gasteiger partial charge in [0.1, 0.15) is 6.54 Å². The normalized spacial score (nSPS) is 12.0. The molecule has 5 heteroatoms. The van der Waals surface area contributed by atoms with Crippen LogP contribution in [-0.2, 0) is 14.3 Å².